The normalized spacial score (nSPS) is 21.1. The zero-order valence-corrected chi connectivity index (χ0v) is 18.3. The second-order valence-electron chi connectivity index (χ2n) is 8.56. The highest BCUT2D eigenvalue weighted by Crippen LogP contribution is 2.39. The number of para-hydroxylation sites is 1. The Morgan fingerprint density at radius 2 is 1.61 bits per heavy atom. The fourth-order valence-electron chi connectivity index (χ4n) is 4.90. The standard InChI is InChI=1S/C23H32N4O4/c1-2-6-20(28)24-11-9-23(10-12-24)22(30)26(17-21(29)25-13-15-31-16-14-25)18-27(23)19-7-4-3-5-8-19/h3-5,7-8H,2,6,9-18H2,1H3. The van der Waals surface area contributed by atoms with Gasteiger partial charge in [-0.1, -0.05) is 25.1 Å². The molecule has 3 aliphatic heterocycles. The van der Waals surface area contributed by atoms with Crippen molar-refractivity contribution in [3.05, 3.63) is 30.3 Å². The number of benzene rings is 1. The third kappa shape index (κ3) is 4.26. The van der Waals surface area contributed by atoms with Crippen LogP contribution in [-0.4, -0.2) is 90.6 Å². The van der Waals surface area contributed by atoms with Crippen LogP contribution in [0, 0.1) is 0 Å². The molecule has 0 saturated carbocycles. The molecule has 0 unspecified atom stereocenters. The molecule has 1 aromatic rings. The summed E-state index contributed by atoms with van der Waals surface area (Å²) in [5.41, 5.74) is 0.279. The van der Waals surface area contributed by atoms with Crippen molar-refractivity contribution >= 4 is 23.4 Å². The Bertz CT molecular complexity index is 801. The van der Waals surface area contributed by atoms with Crippen molar-refractivity contribution < 1.29 is 19.1 Å². The summed E-state index contributed by atoms with van der Waals surface area (Å²) in [6.45, 7) is 5.85. The lowest BCUT2D eigenvalue weighted by Gasteiger charge is -2.43. The smallest absolute Gasteiger partial charge is 0.250 e. The summed E-state index contributed by atoms with van der Waals surface area (Å²) in [6, 6.07) is 9.91. The summed E-state index contributed by atoms with van der Waals surface area (Å²) in [6.07, 6.45) is 2.54. The van der Waals surface area contributed by atoms with Gasteiger partial charge in [-0.3, -0.25) is 14.4 Å². The second-order valence-corrected chi connectivity index (χ2v) is 8.56. The number of morpholine rings is 1. The van der Waals surface area contributed by atoms with Crippen LogP contribution in [0.15, 0.2) is 30.3 Å². The van der Waals surface area contributed by atoms with Crippen LogP contribution in [0.25, 0.3) is 0 Å². The maximum atomic E-state index is 13.7. The molecular weight excluding hydrogens is 396 g/mol. The minimum absolute atomic E-state index is 0.000512. The van der Waals surface area contributed by atoms with E-state index < -0.39 is 5.54 Å². The van der Waals surface area contributed by atoms with Crippen LogP contribution in [0.4, 0.5) is 5.69 Å². The van der Waals surface area contributed by atoms with Crippen molar-refractivity contribution in [3.63, 3.8) is 0 Å². The van der Waals surface area contributed by atoms with Crippen molar-refractivity contribution in [3.8, 4) is 0 Å². The average molecular weight is 429 g/mol. The predicted octanol–water partition coefficient (Wildman–Crippen LogP) is 1.31. The number of likely N-dealkylation sites (tertiary alicyclic amines) is 1. The van der Waals surface area contributed by atoms with Gasteiger partial charge in [0.1, 0.15) is 12.1 Å². The van der Waals surface area contributed by atoms with E-state index in [1.54, 1.807) is 9.80 Å². The topological polar surface area (TPSA) is 73.4 Å². The quantitative estimate of drug-likeness (QED) is 0.707. The highest BCUT2D eigenvalue weighted by Gasteiger charge is 2.54. The van der Waals surface area contributed by atoms with E-state index in [1.807, 2.05) is 42.2 Å². The number of rotatable bonds is 5. The molecule has 8 heteroatoms. The highest BCUT2D eigenvalue weighted by molar-refractivity contribution is 5.96. The minimum Gasteiger partial charge on any atom is -0.378 e. The van der Waals surface area contributed by atoms with E-state index in [-0.39, 0.29) is 24.3 Å². The van der Waals surface area contributed by atoms with Gasteiger partial charge in [-0.15, -0.1) is 0 Å². The molecule has 3 amide bonds. The van der Waals surface area contributed by atoms with E-state index in [1.165, 1.54) is 0 Å². The molecule has 3 fully saturated rings. The monoisotopic (exact) mass is 428 g/mol. The minimum atomic E-state index is -0.699. The summed E-state index contributed by atoms with van der Waals surface area (Å²) in [4.78, 5) is 46.4. The number of nitrogens with zero attached hydrogens (tertiary/aromatic N) is 4. The fraction of sp³-hybridized carbons (Fsp3) is 0.609. The molecule has 8 nitrogen and oxygen atoms in total. The Morgan fingerprint density at radius 3 is 2.26 bits per heavy atom. The maximum absolute atomic E-state index is 13.7. The lowest BCUT2D eigenvalue weighted by Crippen LogP contribution is -2.57. The van der Waals surface area contributed by atoms with E-state index in [2.05, 4.69) is 4.90 Å². The molecule has 4 rings (SSSR count). The molecule has 1 aromatic carbocycles. The molecule has 0 N–H and O–H groups in total. The summed E-state index contributed by atoms with van der Waals surface area (Å²) < 4.78 is 5.34. The molecule has 3 aliphatic rings. The number of hydrogen-bond donors (Lipinski definition) is 0. The van der Waals surface area contributed by atoms with Gasteiger partial charge in [0.25, 0.3) is 5.91 Å². The summed E-state index contributed by atoms with van der Waals surface area (Å²) in [5, 5.41) is 0. The van der Waals surface area contributed by atoms with Crippen LogP contribution in [0.5, 0.6) is 0 Å². The molecule has 0 aromatic heterocycles. The molecular formula is C23H32N4O4. The summed E-state index contributed by atoms with van der Waals surface area (Å²) in [5.74, 6) is 0.131. The van der Waals surface area contributed by atoms with Crippen LogP contribution in [0.2, 0.25) is 0 Å². The van der Waals surface area contributed by atoms with Crippen LogP contribution in [-0.2, 0) is 19.1 Å². The zero-order valence-electron chi connectivity index (χ0n) is 18.3. The van der Waals surface area contributed by atoms with Gasteiger partial charge in [0.2, 0.25) is 11.8 Å². The van der Waals surface area contributed by atoms with Gasteiger partial charge in [0.05, 0.1) is 19.9 Å². The Kier molecular flexibility index (Phi) is 6.46. The molecule has 1 spiro atoms. The molecule has 0 radical (unpaired) electrons. The third-order valence-corrected chi connectivity index (χ3v) is 6.68. The van der Waals surface area contributed by atoms with Crippen molar-refractivity contribution in [1.29, 1.82) is 0 Å². The zero-order chi connectivity index (χ0) is 21.8. The first-order valence-corrected chi connectivity index (χ1v) is 11.3. The summed E-state index contributed by atoms with van der Waals surface area (Å²) in [7, 11) is 0. The van der Waals surface area contributed by atoms with Crippen LogP contribution in [0.3, 0.4) is 0 Å². The SMILES string of the molecule is CCCC(=O)N1CCC2(CC1)C(=O)N(CC(=O)N1CCOCC1)CN2c1ccccc1. The number of carbonyl (C=O) groups excluding carboxylic acids is 3. The van der Waals surface area contributed by atoms with Crippen molar-refractivity contribution in [2.75, 3.05) is 57.5 Å². The Hall–Kier alpha value is -2.61. The molecule has 3 heterocycles. The number of anilines is 1. The maximum Gasteiger partial charge on any atom is 0.250 e. The van der Waals surface area contributed by atoms with Crippen molar-refractivity contribution in [2.24, 2.45) is 0 Å². The van der Waals surface area contributed by atoms with Gasteiger partial charge in [0, 0.05) is 38.3 Å². The Labute approximate surface area is 183 Å². The number of amides is 3. The molecule has 168 valence electrons. The number of piperidine rings is 1. The number of hydrogen-bond acceptors (Lipinski definition) is 5. The lowest BCUT2D eigenvalue weighted by molar-refractivity contribution is -0.143. The highest BCUT2D eigenvalue weighted by atomic mass is 16.5. The lowest BCUT2D eigenvalue weighted by atomic mass is 9.85. The van der Waals surface area contributed by atoms with Gasteiger partial charge in [-0.05, 0) is 31.4 Å². The first-order chi connectivity index (χ1) is 15.0. The van der Waals surface area contributed by atoms with Gasteiger partial charge in [0.15, 0.2) is 0 Å². The van der Waals surface area contributed by atoms with E-state index in [0.29, 0.717) is 65.3 Å². The second kappa shape index (κ2) is 9.26. The Morgan fingerprint density at radius 1 is 0.968 bits per heavy atom. The Balaban J connectivity index is 1.53. The molecule has 31 heavy (non-hydrogen) atoms. The summed E-state index contributed by atoms with van der Waals surface area (Å²) >= 11 is 0. The molecule has 0 aliphatic carbocycles. The van der Waals surface area contributed by atoms with E-state index in [0.717, 1.165) is 12.1 Å². The van der Waals surface area contributed by atoms with Gasteiger partial charge < -0.3 is 24.3 Å². The fourth-order valence-corrected chi connectivity index (χ4v) is 4.90. The largest absolute Gasteiger partial charge is 0.378 e. The molecule has 0 bridgehead atoms. The van der Waals surface area contributed by atoms with E-state index in [9.17, 15) is 14.4 Å². The van der Waals surface area contributed by atoms with Crippen molar-refractivity contribution in [1.82, 2.24) is 14.7 Å². The van der Waals surface area contributed by atoms with Crippen LogP contribution >= 0.6 is 0 Å². The predicted molar refractivity (Wildman–Crippen MR) is 116 cm³/mol. The molecule has 3 saturated heterocycles. The van der Waals surface area contributed by atoms with Crippen LogP contribution < -0.4 is 4.90 Å². The van der Waals surface area contributed by atoms with Gasteiger partial charge >= 0.3 is 0 Å². The van der Waals surface area contributed by atoms with Gasteiger partial charge in [-0.25, -0.2) is 0 Å². The van der Waals surface area contributed by atoms with Crippen LogP contribution in [0.1, 0.15) is 32.6 Å². The average Bonchev–Trinajstić information content (AvgIpc) is 3.07. The third-order valence-electron chi connectivity index (χ3n) is 6.68. The van der Waals surface area contributed by atoms with Crippen molar-refractivity contribution in [2.45, 2.75) is 38.1 Å². The first-order valence-electron chi connectivity index (χ1n) is 11.3. The first kappa shape index (κ1) is 21.6. The van der Waals surface area contributed by atoms with E-state index >= 15 is 0 Å². The molecule has 0 atom stereocenters. The van der Waals surface area contributed by atoms with E-state index in [4.69, 9.17) is 4.74 Å². The van der Waals surface area contributed by atoms with Gasteiger partial charge in [-0.2, -0.15) is 0 Å². The number of ether oxygens (including phenoxy) is 1. The number of carbonyl (C=O) groups is 3.